The fraction of sp³-hybridized carbons (Fsp3) is 0.462. The summed E-state index contributed by atoms with van der Waals surface area (Å²) in [6, 6.07) is 10.2. The molecule has 158 valence electrons. The van der Waals surface area contributed by atoms with Crippen LogP contribution in [0.15, 0.2) is 49.2 Å². The van der Waals surface area contributed by atoms with Crippen molar-refractivity contribution in [3.63, 3.8) is 0 Å². The van der Waals surface area contributed by atoms with Gasteiger partial charge in [0.15, 0.2) is 0 Å². The van der Waals surface area contributed by atoms with Crippen LogP contribution in [-0.2, 0) is 9.53 Å². The highest BCUT2D eigenvalue weighted by molar-refractivity contribution is 5.75. The van der Waals surface area contributed by atoms with Crippen molar-refractivity contribution in [2.75, 3.05) is 0 Å². The van der Waals surface area contributed by atoms with Crippen LogP contribution in [0.4, 0.5) is 4.39 Å². The molecule has 4 heteroatoms. The molecule has 30 heavy (non-hydrogen) atoms. The van der Waals surface area contributed by atoms with E-state index >= 15 is 0 Å². The minimum Gasteiger partial charge on any atom is -0.462 e. The molecule has 2 saturated carbocycles. The number of benzene rings is 1. The number of aromatic nitrogens is 1. The Balaban J connectivity index is 0.000000145. The Morgan fingerprint density at radius 2 is 1.87 bits per heavy atom. The van der Waals surface area contributed by atoms with Crippen LogP contribution in [-0.4, -0.2) is 17.1 Å². The van der Waals surface area contributed by atoms with Crippen LogP contribution < -0.4 is 0 Å². The average molecular weight is 408 g/mol. The molecule has 2 heterocycles. The number of halogens is 1. The molecular formula is C26H30FNO2. The van der Waals surface area contributed by atoms with Gasteiger partial charge in [-0.1, -0.05) is 50.5 Å². The maximum Gasteiger partial charge on any atom is 0.309 e. The number of carbonyl (C=O) groups excluding carboxylic acids is 1. The predicted octanol–water partition coefficient (Wildman–Crippen LogP) is 6.30. The van der Waals surface area contributed by atoms with Crippen molar-refractivity contribution in [1.29, 1.82) is 0 Å². The van der Waals surface area contributed by atoms with E-state index in [1.807, 2.05) is 18.2 Å². The second-order valence-corrected chi connectivity index (χ2v) is 8.87. The zero-order valence-corrected chi connectivity index (χ0v) is 17.6. The summed E-state index contributed by atoms with van der Waals surface area (Å²) in [7, 11) is 0. The number of hydrogen-bond acceptors (Lipinski definition) is 3. The average Bonchev–Trinajstić information content (AvgIpc) is 3.05. The van der Waals surface area contributed by atoms with E-state index in [0.29, 0.717) is 5.92 Å². The van der Waals surface area contributed by atoms with E-state index in [1.165, 1.54) is 44.2 Å². The number of esters is 1. The van der Waals surface area contributed by atoms with Crippen molar-refractivity contribution in [1.82, 2.24) is 4.98 Å². The molecule has 5 unspecified atom stereocenters. The zero-order chi connectivity index (χ0) is 21.1. The quantitative estimate of drug-likeness (QED) is 0.549. The molecule has 2 aromatic rings. The maximum absolute atomic E-state index is 13.0. The van der Waals surface area contributed by atoms with Crippen molar-refractivity contribution in [2.45, 2.75) is 51.6 Å². The van der Waals surface area contributed by atoms with Gasteiger partial charge in [0.05, 0.1) is 11.6 Å². The molecule has 1 saturated heterocycles. The van der Waals surface area contributed by atoms with Gasteiger partial charge in [0.2, 0.25) is 0 Å². The summed E-state index contributed by atoms with van der Waals surface area (Å²) >= 11 is 0. The molecule has 0 N–H and O–H groups in total. The SMILES string of the molecule is C=Cc1ccc(-c2cccc(F)c2)cn1.CC1OC(=O)C2CC3CCCCC3CC12. The van der Waals surface area contributed by atoms with Crippen LogP contribution in [0.1, 0.15) is 51.1 Å². The Morgan fingerprint density at radius 1 is 1.10 bits per heavy atom. The number of pyridine rings is 1. The lowest BCUT2D eigenvalue weighted by Crippen LogP contribution is -2.35. The van der Waals surface area contributed by atoms with E-state index in [4.69, 9.17) is 4.74 Å². The minimum atomic E-state index is -0.236. The molecule has 0 amide bonds. The van der Waals surface area contributed by atoms with E-state index in [-0.39, 0.29) is 23.8 Å². The first-order valence-electron chi connectivity index (χ1n) is 11.1. The molecule has 0 bridgehead atoms. The maximum atomic E-state index is 13.0. The van der Waals surface area contributed by atoms with Crippen molar-refractivity contribution < 1.29 is 13.9 Å². The highest BCUT2D eigenvalue weighted by atomic mass is 19.1. The Morgan fingerprint density at radius 3 is 2.53 bits per heavy atom. The summed E-state index contributed by atoms with van der Waals surface area (Å²) in [5.74, 6) is 2.38. The molecule has 2 aliphatic carbocycles. The van der Waals surface area contributed by atoms with E-state index in [0.717, 1.165) is 35.1 Å². The van der Waals surface area contributed by atoms with Crippen molar-refractivity contribution in [3.8, 4) is 11.1 Å². The van der Waals surface area contributed by atoms with Crippen molar-refractivity contribution in [2.24, 2.45) is 23.7 Å². The topological polar surface area (TPSA) is 39.2 Å². The fourth-order valence-electron chi connectivity index (χ4n) is 5.43. The Bertz CT molecular complexity index is 894. The third-order valence-electron chi connectivity index (χ3n) is 7.08. The lowest BCUT2D eigenvalue weighted by Gasteiger charge is -2.40. The summed E-state index contributed by atoms with van der Waals surface area (Å²) in [5, 5.41) is 0. The van der Waals surface area contributed by atoms with Crippen LogP contribution in [0.2, 0.25) is 0 Å². The third-order valence-corrected chi connectivity index (χ3v) is 7.08. The number of ether oxygens (including phenoxy) is 1. The summed E-state index contributed by atoms with van der Waals surface area (Å²) in [6.07, 6.45) is 11.5. The molecule has 3 aliphatic rings. The van der Waals surface area contributed by atoms with E-state index in [9.17, 15) is 9.18 Å². The van der Waals surface area contributed by atoms with Gasteiger partial charge in [-0.25, -0.2) is 4.39 Å². The monoisotopic (exact) mass is 407 g/mol. The summed E-state index contributed by atoms with van der Waals surface area (Å²) in [4.78, 5) is 15.8. The molecule has 0 radical (unpaired) electrons. The molecule has 5 rings (SSSR count). The van der Waals surface area contributed by atoms with Crippen LogP contribution in [0.3, 0.4) is 0 Å². The number of carbonyl (C=O) groups is 1. The van der Waals surface area contributed by atoms with Crippen LogP contribution >= 0.6 is 0 Å². The van der Waals surface area contributed by atoms with Gasteiger partial charge < -0.3 is 4.74 Å². The van der Waals surface area contributed by atoms with Gasteiger partial charge in [-0.3, -0.25) is 9.78 Å². The number of hydrogen-bond donors (Lipinski definition) is 0. The van der Waals surface area contributed by atoms with Gasteiger partial charge in [0, 0.05) is 17.7 Å². The Kier molecular flexibility index (Phi) is 6.31. The molecule has 0 spiro atoms. The van der Waals surface area contributed by atoms with Crippen LogP contribution in [0.25, 0.3) is 17.2 Å². The van der Waals surface area contributed by atoms with Crippen LogP contribution in [0, 0.1) is 29.5 Å². The van der Waals surface area contributed by atoms with Gasteiger partial charge >= 0.3 is 5.97 Å². The highest BCUT2D eigenvalue weighted by Gasteiger charge is 2.49. The van der Waals surface area contributed by atoms with E-state index in [2.05, 4.69) is 18.5 Å². The minimum absolute atomic E-state index is 0.0940. The second kappa shape index (κ2) is 9.11. The second-order valence-electron chi connectivity index (χ2n) is 8.87. The van der Waals surface area contributed by atoms with E-state index in [1.54, 1.807) is 18.3 Å². The molecule has 1 aromatic heterocycles. The van der Waals surface area contributed by atoms with Gasteiger partial charge in [-0.2, -0.15) is 0 Å². The molecule has 3 fully saturated rings. The molecule has 1 aliphatic heterocycles. The van der Waals surface area contributed by atoms with Gasteiger partial charge in [-0.05, 0) is 61.4 Å². The highest BCUT2D eigenvalue weighted by Crippen LogP contribution is 2.49. The zero-order valence-electron chi connectivity index (χ0n) is 17.6. The first-order chi connectivity index (χ1) is 14.5. The normalized spacial score (nSPS) is 29.7. The van der Waals surface area contributed by atoms with Gasteiger partial charge in [0.1, 0.15) is 11.9 Å². The number of rotatable bonds is 2. The first-order valence-corrected chi connectivity index (χ1v) is 11.1. The van der Waals surface area contributed by atoms with E-state index < -0.39 is 0 Å². The summed E-state index contributed by atoms with van der Waals surface area (Å²) in [6.45, 7) is 5.70. The standard InChI is InChI=1S/C13H10FN.C13H20O2/c1-2-13-7-6-11(9-15-13)10-4-3-5-12(14)8-10;1-8-11-6-9-4-2-3-5-10(9)7-12(11)13(14)15-8/h2-9H,1H2;8-12H,2-7H2,1H3. The number of nitrogens with zero attached hydrogens (tertiary/aromatic N) is 1. The smallest absolute Gasteiger partial charge is 0.309 e. The third kappa shape index (κ3) is 4.48. The van der Waals surface area contributed by atoms with Crippen LogP contribution in [0.5, 0.6) is 0 Å². The molecular weight excluding hydrogens is 377 g/mol. The lowest BCUT2D eigenvalue weighted by atomic mass is 9.63. The lowest BCUT2D eigenvalue weighted by molar-refractivity contribution is -0.144. The number of cyclic esters (lactones) is 1. The molecule has 3 nitrogen and oxygen atoms in total. The Hall–Kier alpha value is -2.49. The Labute approximate surface area is 178 Å². The van der Waals surface area contributed by atoms with Gasteiger partial charge in [0.25, 0.3) is 0 Å². The fourth-order valence-corrected chi connectivity index (χ4v) is 5.43. The molecule has 5 atom stereocenters. The first kappa shape index (κ1) is 20.8. The number of fused-ring (bicyclic) bond motifs is 2. The predicted molar refractivity (Wildman–Crippen MR) is 117 cm³/mol. The van der Waals surface area contributed by atoms with Gasteiger partial charge in [-0.15, -0.1) is 0 Å². The van der Waals surface area contributed by atoms with Crippen molar-refractivity contribution >= 4 is 12.0 Å². The summed E-state index contributed by atoms with van der Waals surface area (Å²) in [5.41, 5.74) is 2.55. The summed E-state index contributed by atoms with van der Waals surface area (Å²) < 4.78 is 18.3. The largest absolute Gasteiger partial charge is 0.462 e. The molecule has 1 aromatic carbocycles. The van der Waals surface area contributed by atoms with Crippen molar-refractivity contribution in [3.05, 3.63) is 60.7 Å².